The Kier molecular flexibility index (Phi) is 4.51. The van der Waals surface area contributed by atoms with Crippen LogP contribution in [-0.2, 0) is 11.3 Å². The molecular weight excluding hydrogens is 272 g/mol. The minimum atomic E-state index is -0.604. The van der Waals surface area contributed by atoms with E-state index in [-0.39, 0.29) is 18.0 Å². The number of carbonyl (C=O) groups is 1. The lowest BCUT2D eigenvalue weighted by Crippen LogP contribution is -2.15. The molecule has 108 valence electrons. The van der Waals surface area contributed by atoms with Gasteiger partial charge in [0.15, 0.2) is 11.4 Å². The average Bonchev–Trinajstić information content (AvgIpc) is 2.91. The predicted octanol–water partition coefficient (Wildman–Crippen LogP) is 1.38. The summed E-state index contributed by atoms with van der Waals surface area (Å²) in [5.41, 5.74) is 0.924. The first-order chi connectivity index (χ1) is 10.2. The number of hydrogen-bond acceptors (Lipinski definition) is 6. The molecule has 0 aliphatic carbocycles. The topological polar surface area (TPSA) is 90.0 Å². The van der Waals surface area contributed by atoms with Crippen molar-refractivity contribution in [2.75, 3.05) is 13.7 Å². The van der Waals surface area contributed by atoms with Crippen molar-refractivity contribution < 1.29 is 14.3 Å². The van der Waals surface area contributed by atoms with Crippen molar-refractivity contribution in [2.24, 2.45) is 0 Å². The Morgan fingerprint density at radius 1 is 1.38 bits per heavy atom. The third kappa shape index (κ3) is 3.17. The van der Waals surface area contributed by atoms with E-state index in [1.807, 2.05) is 30.3 Å². The molecule has 1 aromatic carbocycles. The molecule has 0 saturated heterocycles. The first kappa shape index (κ1) is 14.5. The zero-order chi connectivity index (χ0) is 15.2. The highest BCUT2D eigenvalue weighted by molar-refractivity contribution is 5.89. The van der Waals surface area contributed by atoms with Gasteiger partial charge in [-0.25, -0.2) is 9.48 Å². The summed E-state index contributed by atoms with van der Waals surface area (Å²) in [6, 6.07) is 9.16. The van der Waals surface area contributed by atoms with Crippen molar-refractivity contribution >= 4 is 5.97 Å². The van der Waals surface area contributed by atoms with Crippen molar-refractivity contribution in [1.82, 2.24) is 15.0 Å². The summed E-state index contributed by atoms with van der Waals surface area (Å²) in [6.45, 7) is 2.23. The number of rotatable bonds is 5. The second-order valence-electron chi connectivity index (χ2n) is 4.12. The molecule has 2 rings (SSSR count). The first-order valence-corrected chi connectivity index (χ1v) is 6.33. The third-order valence-corrected chi connectivity index (χ3v) is 2.80. The number of aromatic nitrogens is 3. The molecular formula is C14H14N4O3. The number of nitriles is 1. The highest BCUT2D eigenvalue weighted by atomic mass is 16.5. The number of esters is 1. The van der Waals surface area contributed by atoms with Crippen LogP contribution in [0.3, 0.4) is 0 Å². The average molecular weight is 286 g/mol. The van der Waals surface area contributed by atoms with E-state index in [1.165, 1.54) is 4.68 Å². The summed E-state index contributed by atoms with van der Waals surface area (Å²) in [7, 11) is 1.59. The number of benzene rings is 1. The summed E-state index contributed by atoms with van der Waals surface area (Å²) >= 11 is 0. The predicted molar refractivity (Wildman–Crippen MR) is 72.8 cm³/mol. The molecule has 21 heavy (non-hydrogen) atoms. The van der Waals surface area contributed by atoms with E-state index in [0.29, 0.717) is 6.54 Å². The minimum absolute atomic E-state index is 0.0399. The van der Waals surface area contributed by atoms with Crippen LogP contribution in [0.15, 0.2) is 24.3 Å². The van der Waals surface area contributed by atoms with Gasteiger partial charge in [0.25, 0.3) is 0 Å². The van der Waals surface area contributed by atoms with Crippen LogP contribution in [0.4, 0.5) is 0 Å². The second-order valence-corrected chi connectivity index (χ2v) is 4.12. The van der Waals surface area contributed by atoms with E-state index in [4.69, 9.17) is 14.7 Å². The fourth-order valence-electron chi connectivity index (χ4n) is 1.80. The molecule has 0 radical (unpaired) electrons. The number of carbonyl (C=O) groups excluding carboxylic acids is 1. The molecule has 0 N–H and O–H groups in total. The van der Waals surface area contributed by atoms with Crippen LogP contribution < -0.4 is 4.74 Å². The number of nitrogens with zero attached hydrogens (tertiary/aromatic N) is 4. The molecule has 1 aromatic heterocycles. The van der Waals surface area contributed by atoms with Gasteiger partial charge in [0.1, 0.15) is 11.8 Å². The van der Waals surface area contributed by atoms with Gasteiger partial charge in [-0.3, -0.25) is 0 Å². The Morgan fingerprint density at radius 3 is 2.67 bits per heavy atom. The number of ether oxygens (including phenoxy) is 2. The van der Waals surface area contributed by atoms with Gasteiger partial charge in [-0.15, -0.1) is 5.10 Å². The van der Waals surface area contributed by atoms with Gasteiger partial charge < -0.3 is 9.47 Å². The van der Waals surface area contributed by atoms with E-state index in [9.17, 15) is 4.79 Å². The maximum Gasteiger partial charge on any atom is 0.359 e. The SMILES string of the molecule is CCOC(=O)c1c(C#N)nnn1Cc1ccc(OC)cc1. The van der Waals surface area contributed by atoms with E-state index >= 15 is 0 Å². The second kappa shape index (κ2) is 6.52. The maximum atomic E-state index is 11.9. The first-order valence-electron chi connectivity index (χ1n) is 6.33. The van der Waals surface area contributed by atoms with Gasteiger partial charge in [0.05, 0.1) is 20.3 Å². The third-order valence-electron chi connectivity index (χ3n) is 2.80. The number of hydrogen-bond donors (Lipinski definition) is 0. The maximum absolute atomic E-state index is 11.9. The van der Waals surface area contributed by atoms with E-state index in [0.717, 1.165) is 11.3 Å². The summed E-state index contributed by atoms with van der Waals surface area (Å²) in [5.74, 6) is 0.133. The van der Waals surface area contributed by atoms with E-state index in [1.54, 1.807) is 14.0 Å². The lowest BCUT2D eigenvalue weighted by molar-refractivity contribution is 0.0512. The van der Waals surface area contributed by atoms with Crippen LogP contribution in [0.5, 0.6) is 5.75 Å². The molecule has 0 unspecified atom stereocenters. The molecule has 0 spiro atoms. The zero-order valence-electron chi connectivity index (χ0n) is 11.7. The standard InChI is InChI=1S/C14H14N4O3/c1-3-21-14(19)13-12(8-15)16-17-18(13)9-10-4-6-11(20-2)7-5-10/h4-7H,3,9H2,1-2H3. The van der Waals surface area contributed by atoms with Crippen LogP contribution in [0.25, 0.3) is 0 Å². The van der Waals surface area contributed by atoms with Crippen molar-refractivity contribution in [3.63, 3.8) is 0 Å². The Hall–Kier alpha value is -2.88. The Morgan fingerprint density at radius 2 is 2.10 bits per heavy atom. The van der Waals surface area contributed by atoms with Crippen LogP contribution in [0.2, 0.25) is 0 Å². The van der Waals surface area contributed by atoms with Gasteiger partial charge in [-0.2, -0.15) is 5.26 Å². The van der Waals surface area contributed by atoms with Crippen molar-refractivity contribution in [3.05, 3.63) is 41.2 Å². The van der Waals surface area contributed by atoms with Gasteiger partial charge in [-0.05, 0) is 24.6 Å². The van der Waals surface area contributed by atoms with E-state index in [2.05, 4.69) is 10.3 Å². The summed E-state index contributed by atoms with van der Waals surface area (Å²) in [4.78, 5) is 11.9. The van der Waals surface area contributed by atoms with Crippen molar-refractivity contribution in [3.8, 4) is 11.8 Å². The van der Waals surface area contributed by atoms with Crippen molar-refractivity contribution in [2.45, 2.75) is 13.5 Å². The van der Waals surface area contributed by atoms with Gasteiger partial charge in [0.2, 0.25) is 0 Å². The molecule has 0 saturated carbocycles. The van der Waals surface area contributed by atoms with Crippen LogP contribution >= 0.6 is 0 Å². The summed E-state index contributed by atoms with van der Waals surface area (Å²) < 4.78 is 11.4. The molecule has 2 aromatic rings. The molecule has 0 amide bonds. The Bertz CT molecular complexity index is 671. The molecule has 7 nitrogen and oxygen atoms in total. The van der Waals surface area contributed by atoms with Gasteiger partial charge in [0, 0.05) is 0 Å². The molecule has 0 atom stereocenters. The highest BCUT2D eigenvalue weighted by Crippen LogP contribution is 2.14. The highest BCUT2D eigenvalue weighted by Gasteiger charge is 2.21. The fraction of sp³-hybridized carbons (Fsp3) is 0.286. The molecule has 1 heterocycles. The fourth-order valence-corrected chi connectivity index (χ4v) is 1.80. The normalized spacial score (nSPS) is 9.95. The Labute approximate surface area is 121 Å². The summed E-state index contributed by atoms with van der Waals surface area (Å²) in [6.07, 6.45) is 0. The van der Waals surface area contributed by atoms with Gasteiger partial charge in [-0.1, -0.05) is 17.3 Å². The van der Waals surface area contributed by atoms with Gasteiger partial charge >= 0.3 is 5.97 Å². The van der Waals surface area contributed by atoms with Crippen molar-refractivity contribution in [1.29, 1.82) is 5.26 Å². The van der Waals surface area contributed by atoms with E-state index < -0.39 is 5.97 Å². The summed E-state index contributed by atoms with van der Waals surface area (Å²) in [5, 5.41) is 16.5. The Balaban J connectivity index is 2.29. The molecule has 0 fully saturated rings. The van der Waals surface area contributed by atoms with Crippen LogP contribution in [0, 0.1) is 11.3 Å². The van der Waals surface area contributed by atoms with Crippen LogP contribution in [-0.4, -0.2) is 34.7 Å². The molecule has 7 heteroatoms. The largest absolute Gasteiger partial charge is 0.497 e. The monoisotopic (exact) mass is 286 g/mol. The lowest BCUT2D eigenvalue weighted by Gasteiger charge is -2.07. The smallest absolute Gasteiger partial charge is 0.359 e. The van der Waals surface area contributed by atoms with Crippen LogP contribution in [0.1, 0.15) is 28.7 Å². The quantitative estimate of drug-likeness (QED) is 0.771. The number of methoxy groups -OCH3 is 1. The molecule has 0 aliphatic heterocycles. The molecule has 0 aliphatic rings. The molecule has 0 bridgehead atoms. The zero-order valence-corrected chi connectivity index (χ0v) is 11.7. The minimum Gasteiger partial charge on any atom is -0.497 e. The lowest BCUT2D eigenvalue weighted by atomic mass is 10.2.